The summed E-state index contributed by atoms with van der Waals surface area (Å²) in [5.41, 5.74) is 2.27. The Balaban J connectivity index is 1.68. The van der Waals surface area contributed by atoms with Gasteiger partial charge < -0.3 is 9.67 Å². The van der Waals surface area contributed by atoms with Crippen LogP contribution in [-0.4, -0.2) is 35.1 Å². The fourth-order valence-corrected chi connectivity index (χ4v) is 5.21. The second-order valence-electron chi connectivity index (χ2n) is 7.22. The maximum atomic E-state index is 13.1. The molecule has 7 nitrogen and oxygen atoms in total. The number of nitrogens with zero attached hydrogens (tertiary/aromatic N) is 2. The number of halogens is 1. The van der Waals surface area contributed by atoms with Crippen LogP contribution in [0.1, 0.15) is 30.5 Å². The number of rotatable bonds is 5. The molecule has 0 saturated carbocycles. The van der Waals surface area contributed by atoms with E-state index in [-0.39, 0.29) is 10.9 Å². The van der Waals surface area contributed by atoms with Gasteiger partial charge in [0.1, 0.15) is 11.5 Å². The maximum absolute atomic E-state index is 13.1. The molecular weight excluding hydrogens is 397 g/mol. The first-order chi connectivity index (χ1) is 13.8. The van der Waals surface area contributed by atoms with E-state index in [1.165, 1.54) is 12.1 Å². The minimum atomic E-state index is -3.80. The number of carboxylic acid groups (broad SMARTS) is 1. The van der Waals surface area contributed by atoms with Gasteiger partial charge in [0.15, 0.2) is 0 Å². The Morgan fingerprint density at radius 3 is 2.72 bits per heavy atom. The normalized spacial score (nSPS) is 17.8. The highest BCUT2D eigenvalue weighted by atomic mass is 32.2. The average Bonchev–Trinajstić information content (AvgIpc) is 3.01. The van der Waals surface area contributed by atoms with Crippen LogP contribution in [-0.2, 0) is 27.8 Å². The first kappa shape index (κ1) is 19.5. The summed E-state index contributed by atoms with van der Waals surface area (Å²) in [6, 6.07) is 7.90. The fraction of sp³-hybridized carbons (Fsp3) is 0.300. The third-order valence-corrected chi connectivity index (χ3v) is 6.89. The van der Waals surface area contributed by atoms with Crippen molar-refractivity contribution >= 4 is 27.0 Å². The predicted octanol–water partition coefficient (Wildman–Crippen LogP) is 2.66. The highest BCUT2D eigenvalue weighted by molar-refractivity contribution is 7.89. The molecule has 0 spiro atoms. The zero-order valence-electron chi connectivity index (χ0n) is 15.7. The Morgan fingerprint density at radius 2 is 2.03 bits per heavy atom. The number of aromatic nitrogens is 2. The molecule has 0 amide bonds. The van der Waals surface area contributed by atoms with Crippen molar-refractivity contribution in [1.82, 2.24) is 14.3 Å². The molecule has 152 valence electrons. The predicted molar refractivity (Wildman–Crippen MR) is 105 cm³/mol. The topological polar surface area (TPSA) is 101 Å². The molecule has 3 aromatic rings. The lowest BCUT2D eigenvalue weighted by Gasteiger charge is -2.27. The Labute approximate surface area is 167 Å². The molecule has 9 heteroatoms. The number of carboxylic acids is 1. The van der Waals surface area contributed by atoms with Crippen molar-refractivity contribution in [2.45, 2.75) is 43.2 Å². The number of aliphatic carboxylic acids is 1. The molecule has 1 aliphatic rings. The van der Waals surface area contributed by atoms with Gasteiger partial charge in [-0.3, -0.25) is 4.79 Å². The van der Waals surface area contributed by atoms with E-state index >= 15 is 0 Å². The van der Waals surface area contributed by atoms with Crippen LogP contribution in [0.2, 0.25) is 0 Å². The van der Waals surface area contributed by atoms with Gasteiger partial charge in [0.25, 0.3) is 0 Å². The summed E-state index contributed by atoms with van der Waals surface area (Å²) in [4.78, 5) is 16.0. The summed E-state index contributed by atoms with van der Waals surface area (Å²) < 4.78 is 43.0. The quantitative estimate of drug-likeness (QED) is 0.665. The number of hydrogen-bond donors (Lipinski definition) is 2. The van der Waals surface area contributed by atoms with Crippen LogP contribution in [0, 0.1) is 5.82 Å². The van der Waals surface area contributed by atoms with E-state index in [2.05, 4.69) is 9.71 Å². The van der Waals surface area contributed by atoms with Gasteiger partial charge >= 0.3 is 5.97 Å². The molecule has 1 aliphatic heterocycles. The summed E-state index contributed by atoms with van der Waals surface area (Å²) in [5, 5.41) is 10.3. The number of benzene rings is 1. The van der Waals surface area contributed by atoms with Gasteiger partial charge in [-0.1, -0.05) is 0 Å². The molecule has 4 rings (SSSR count). The third kappa shape index (κ3) is 3.51. The minimum Gasteiger partial charge on any atom is -0.481 e. The van der Waals surface area contributed by atoms with Crippen molar-refractivity contribution < 1.29 is 22.7 Å². The summed E-state index contributed by atoms with van der Waals surface area (Å²) in [6.45, 7) is 1.99. The van der Waals surface area contributed by atoms with Crippen molar-refractivity contribution in [1.29, 1.82) is 0 Å². The number of pyridine rings is 1. The third-order valence-electron chi connectivity index (χ3n) is 5.35. The Bertz CT molecular complexity index is 1190. The van der Waals surface area contributed by atoms with E-state index < -0.39 is 27.7 Å². The van der Waals surface area contributed by atoms with E-state index in [1.54, 1.807) is 19.2 Å². The molecule has 0 fully saturated rings. The molecule has 0 saturated heterocycles. The van der Waals surface area contributed by atoms with Crippen LogP contribution in [0.4, 0.5) is 4.39 Å². The van der Waals surface area contributed by atoms with Gasteiger partial charge in [0.05, 0.1) is 10.8 Å². The molecule has 1 aromatic carbocycles. The van der Waals surface area contributed by atoms with Crippen LogP contribution in [0.5, 0.6) is 0 Å². The number of hydrogen-bond acceptors (Lipinski definition) is 4. The van der Waals surface area contributed by atoms with Gasteiger partial charge in [0.2, 0.25) is 10.0 Å². The highest BCUT2D eigenvalue weighted by Gasteiger charge is 2.31. The lowest BCUT2D eigenvalue weighted by molar-refractivity contribution is -0.138. The number of sulfonamides is 1. The molecule has 2 atom stereocenters. The van der Waals surface area contributed by atoms with Gasteiger partial charge in [-0.25, -0.2) is 22.5 Å². The Kier molecular flexibility index (Phi) is 4.87. The van der Waals surface area contributed by atoms with Crippen LogP contribution < -0.4 is 4.72 Å². The zero-order chi connectivity index (χ0) is 20.8. The lowest BCUT2D eigenvalue weighted by Crippen LogP contribution is -2.41. The number of carbonyl (C=O) groups is 1. The van der Waals surface area contributed by atoms with E-state index in [0.29, 0.717) is 25.0 Å². The second-order valence-corrected chi connectivity index (χ2v) is 8.93. The molecule has 0 bridgehead atoms. The van der Waals surface area contributed by atoms with Crippen LogP contribution in [0.15, 0.2) is 47.5 Å². The van der Waals surface area contributed by atoms with Gasteiger partial charge in [0, 0.05) is 29.9 Å². The van der Waals surface area contributed by atoms with Crippen molar-refractivity contribution in [3.05, 3.63) is 59.7 Å². The minimum absolute atomic E-state index is 0.000347. The number of fused-ring (bicyclic) bond motifs is 3. The van der Waals surface area contributed by atoms with Crippen molar-refractivity contribution in [3.8, 4) is 0 Å². The van der Waals surface area contributed by atoms with Crippen LogP contribution in [0.3, 0.4) is 0 Å². The van der Waals surface area contributed by atoms with Crippen molar-refractivity contribution in [2.24, 2.45) is 0 Å². The molecule has 0 radical (unpaired) electrons. The molecule has 3 heterocycles. The summed E-state index contributed by atoms with van der Waals surface area (Å²) in [5.74, 6) is -2.11. The lowest BCUT2D eigenvalue weighted by atomic mass is 9.94. The van der Waals surface area contributed by atoms with Crippen molar-refractivity contribution in [2.75, 3.05) is 0 Å². The fourth-order valence-electron chi connectivity index (χ4n) is 3.94. The number of nitrogens with one attached hydrogen (secondary N) is 1. The smallest absolute Gasteiger partial charge is 0.310 e. The summed E-state index contributed by atoms with van der Waals surface area (Å²) in [6.07, 6.45) is 2.69. The van der Waals surface area contributed by atoms with E-state index in [0.717, 1.165) is 28.8 Å². The average molecular weight is 417 g/mol. The van der Waals surface area contributed by atoms with Crippen molar-refractivity contribution in [3.63, 3.8) is 0 Å². The van der Waals surface area contributed by atoms with Gasteiger partial charge in [-0.2, -0.15) is 0 Å². The van der Waals surface area contributed by atoms with E-state index in [9.17, 15) is 22.7 Å². The van der Waals surface area contributed by atoms with Crippen LogP contribution in [0.25, 0.3) is 11.0 Å². The second kappa shape index (κ2) is 7.23. The Morgan fingerprint density at radius 1 is 1.31 bits per heavy atom. The van der Waals surface area contributed by atoms with Gasteiger partial charge in [-0.15, -0.1) is 0 Å². The van der Waals surface area contributed by atoms with E-state index in [1.807, 2.05) is 10.6 Å². The standard InChI is InChI=1S/C20H20FN3O4S/c1-12(20(25)26)18-16-3-2-10-22-19(16)24-11-14(6-9-17(18)24)23-29(27,28)15-7-4-13(21)5-8-15/h2-5,7-8,10,12,14,23H,6,9,11H2,1H3,(H,25,26)/t12?,14-/m1/s1. The zero-order valence-corrected chi connectivity index (χ0v) is 16.5. The summed E-state index contributed by atoms with van der Waals surface area (Å²) in [7, 11) is -3.80. The summed E-state index contributed by atoms with van der Waals surface area (Å²) >= 11 is 0. The van der Waals surface area contributed by atoms with Gasteiger partial charge in [-0.05, 0) is 61.7 Å². The Hall–Kier alpha value is -2.78. The molecule has 29 heavy (non-hydrogen) atoms. The van der Waals surface area contributed by atoms with E-state index in [4.69, 9.17) is 0 Å². The molecule has 2 N–H and O–H groups in total. The molecule has 0 aliphatic carbocycles. The monoisotopic (exact) mass is 417 g/mol. The largest absolute Gasteiger partial charge is 0.481 e. The molecule has 1 unspecified atom stereocenters. The van der Waals surface area contributed by atoms with Crippen LogP contribution >= 0.6 is 0 Å². The molecule has 2 aromatic heterocycles. The maximum Gasteiger partial charge on any atom is 0.310 e. The first-order valence-electron chi connectivity index (χ1n) is 9.24. The molecular formula is C20H20FN3O4S. The SMILES string of the molecule is CC(C(=O)O)c1c2n(c3ncccc13)C[C@H](NS(=O)(=O)c1ccc(F)cc1)CC2. The first-order valence-corrected chi connectivity index (χ1v) is 10.7. The highest BCUT2D eigenvalue weighted by Crippen LogP contribution is 2.35.